The molecule has 1 aromatic rings. The molecule has 0 aromatic heterocycles. The largest absolute Gasteiger partial charge is 0.399 e. The standard InChI is InChI=1S/C12H17N3O3S/c13-8-1-2-10(11(14)7-8)12(16)15-9-3-5-19(17,18)6-4-9/h1-2,7,9H,3-6,13-14H2,(H,15,16). The van der Waals surface area contributed by atoms with Crippen LogP contribution in [0.15, 0.2) is 18.2 Å². The average Bonchev–Trinajstić information content (AvgIpc) is 2.31. The molecule has 0 saturated carbocycles. The molecular formula is C12H17N3O3S. The van der Waals surface area contributed by atoms with Crippen molar-refractivity contribution in [2.24, 2.45) is 0 Å². The summed E-state index contributed by atoms with van der Waals surface area (Å²) in [6.07, 6.45) is 0.895. The summed E-state index contributed by atoms with van der Waals surface area (Å²) >= 11 is 0. The molecule has 1 aromatic carbocycles. The molecule has 0 atom stereocenters. The molecule has 1 aliphatic rings. The monoisotopic (exact) mass is 283 g/mol. The lowest BCUT2D eigenvalue weighted by atomic mass is 10.1. The number of rotatable bonds is 2. The van der Waals surface area contributed by atoms with Crippen molar-refractivity contribution in [1.82, 2.24) is 5.32 Å². The summed E-state index contributed by atoms with van der Waals surface area (Å²) in [6, 6.07) is 4.59. The molecule has 104 valence electrons. The number of nitrogens with two attached hydrogens (primary N) is 2. The van der Waals surface area contributed by atoms with Gasteiger partial charge in [-0.3, -0.25) is 4.79 Å². The van der Waals surface area contributed by atoms with E-state index in [1.807, 2.05) is 0 Å². The number of anilines is 2. The third kappa shape index (κ3) is 3.37. The van der Waals surface area contributed by atoms with Crippen LogP contribution in [0.2, 0.25) is 0 Å². The minimum Gasteiger partial charge on any atom is -0.399 e. The molecule has 1 amide bonds. The fraction of sp³-hybridized carbons (Fsp3) is 0.417. The molecule has 0 bridgehead atoms. The molecule has 19 heavy (non-hydrogen) atoms. The molecule has 0 aliphatic carbocycles. The summed E-state index contributed by atoms with van der Waals surface area (Å²) in [5.41, 5.74) is 12.5. The molecule has 0 spiro atoms. The van der Waals surface area contributed by atoms with Crippen molar-refractivity contribution < 1.29 is 13.2 Å². The van der Waals surface area contributed by atoms with Gasteiger partial charge in [0.05, 0.1) is 17.1 Å². The van der Waals surface area contributed by atoms with Crippen LogP contribution in [0.5, 0.6) is 0 Å². The first-order valence-electron chi connectivity index (χ1n) is 6.04. The highest BCUT2D eigenvalue weighted by Crippen LogP contribution is 2.17. The Labute approximate surface area is 112 Å². The minimum atomic E-state index is -2.92. The van der Waals surface area contributed by atoms with E-state index in [4.69, 9.17) is 11.5 Å². The second-order valence-electron chi connectivity index (χ2n) is 4.75. The number of carbonyl (C=O) groups is 1. The highest BCUT2D eigenvalue weighted by Gasteiger charge is 2.25. The van der Waals surface area contributed by atoms with E-state index in [-0.39, 0.29) is 23.5 Å². The van der Waals surface area contributed by atoms with Crippen LogP contribution in [-0.4, -0.2) is 31.9 Å². The maximum Gasteiger partial charge on any atom is 0.253 e. The summed E-state index contributed by atoms with van der Waals surface area (Å²) in [7, 11) is -2.92. The van der Waals surface area contributed by atoms with E-state index < -0.39 is 9.84 Å². The first-order chi connectivity index (χ1) is 8.87. The van der Waals surface area contributed by atoms with Crippen LogP contribution >= 0.6 is 0 Å². The van der Waals surface area contributed by atoms with E-state index in [1.165, 1.54) is 6.07 Å². The van der Waals surface area contributed by atoms with Gasteiger partial charge in [0.25, 0.3) is 5.91 Å². The van der Waals surface area contributed by atoms with Crippen molar-refractivity contribution in [3.63, 3.8) is 0 Å². The van der Waals surface area contributed by atoms with Crippen LogP contribution in [0.25, 0.3) is 0 Å². The second kappa shape index (κ2) is 5.08. The van der Waals surface area contributed by atoms with Gasteiger partial charge in [-0.2, -0.15) is 0 Å². The van der Waals surface area contributed by atoms with Crippen LogP contribution < -0.4 is 16.8 Å². The first-order valence-corrected chi connectivity index (χ1v) is 7.86. The second-order valence-corrected chi connectivity index (χ2v) is 7.05. The number of benzene rings is 1. The molecule has 0 radical (unpaired) electrons. The van der Waals surface area contributed by atoms with E-state index in [2.05, 4.69) is 5.32 Å². The quantitative estimate of drug-likeness (QED) is 0.669. The molecule has 0 unspecified atom stereocenters. The summed E-state index contributed by atoms with van der Waals surface area (Å²) in [4.78, 5) is 12.0. The normalized spacial score (nSPS) is 18.9. The Morgan fingerprint density at radius 3 is 2.42 bits per heavy atom. The van der Waals surface area contributed by atoms with Crippen molar-refractivity contribution in [3.8, 4) is 0 Å². The minimum absolute atomic E-state index is 0.118. The maximum absolute atomic E-state index is 12.0. The van der Waals surface area contributed by atoms with Gasteiger partial charge in [-0.15, -0.1) is 0 Å². The Hall–Kier alpha value is -1.76. The Morgan fingerprint density at radius 1 is 1.21 bits per heavy atom. The predicted octanol–water partition coefficient (Wildman–Crippen LogP) is 0.158. The summed E-state index contributed by atoms with van der Waals surface area (Å²) in [5, 5.41) is 2.81. The number of nitrogens with one attached hydrogen (secondary N) is 1. The van der Waals surface area contributed by atoms with E-state index >= 15 is 0 Å². The SMILES string of the molecule is Nc1ccc(C(=O)NC2CCS(=O)(=O)CC2)c(N)c1. The Kier molecular flexibility index (Phi) is 3.66. The van der Waals surface area contributed by atoms with E-state index in [9.17, 15) is 13.2 Å². The highest BCUT2D eigenvalue weighted by atomic mass is 32.2. The third-order valence-corrected chi connectivity index (χ3v) is 4.93. The van der Waals surface area contributed by atoms with Crippen molar-refractivity contribution in [3.05, 3.63) is 23.8 Å². The van der Waals surface area contributed by atoms with Crippen LogP contribution in [-0.2, 0) is 9.84 Å². The van der Waals surface area contributed by atoms with Crippen LogP contribution in [0.1, 0.15) is 23.2 Å². The molecule has 6 nitrogen and oxygen atoms in total. The smallest absolute Gasteiger partial charge is 0.253 e. The fourth-order valence-electron chi connectivity index (χ4n) is 2.09. The van der Waals surface area contributed by atoms with Crippen molar-refractivity contribution >= 4 is 27.1 Å². The average molecular weight is 283 g/mol. The summed E-state index contributed by atoms with van der Waals surface area (Å²) < 4.78 is 22.6. The maximum atomic E-state index is 12.0. The molecule has 7 heteroatoms. The molecule has 1 heterocycles. The lowest BCUT2D eigenvalue weighted by Gasteiger charge is -2.23. The zero-order valence-corrected chi connectivity index (χ0v) is 11.2. The Balaban J connectivity index is 2.02. The van der Waals surface area contributed by atoms with E-state index in [0.717, 1.165) is 0 Å². The van der Waals surface area contributed by atoms with Gasteiger partial charge in [0, 0.05) is 17.4 Å². The van der Waals surface area contributed by atoms with Crippen LogP contribution in [0, 0.1) is 0 Å². The van der Waals surface area contributed by atoms with Crippen molar-refractivity contribution in [1.29, 1.82) is 0 Å². The Morgan fingerprint density at radius 2 is 1.84 bits per heavy atom. The van der Waals surface area contributed by atoms with Gasteiger partial charge in [-0.25, -0.2) is 8.42 Å². The van der Waals surface area contributed by atoms with Crippen molar-refractivity contribution in [2.75, 3.05) is 23.0 Å². The van der Waals surface area contributed by atoms with Gasteiger partial charge in [0.1, 0.15) is 9.84 Å². The zero-order valence-electron chi connectivity index (χ0n) is 10.4. The van der Waals surface area contributed by atoms with Gasteiger partial charge < -0.3 is 16.8 Å². The first kappa shape index (κ1) is 13.7. The van der Waals surface area contributed by atoms with Gasteiger partial charge in [0.2, 0.25) is 0 Å². The summed E-state index contributed by atoms with van der Waals surface area (Å²) in [5.74, 6) is -0.0496. The molecular weight excluding hydrogens is 266 g/mol. The molecule has 5 N–H and O–H groups in total. The summed E-state index contributed by atoms with van der Waals surface area (Å²) in [6.45, 7) is 0. The van der Waals surface area contributed by atoms with Gasteiger partial charge in [0.15, 0.2) is 0 Å². The fourth-order valence-corrected chi connectivity index (χ4v) is 3.58. The van der Waals surface area contributed by atoms with Crippen LogP contribution in [0.3, 0.4) is 0 Å². The van der Waals surface area contributed by atoms with Gasteiger partial charge in [-0.05, 0) is 31.0 Å². The topological polar surface area (TPSA) is 115 Å². The highest BCUT2D eigenvalue weighted by molar-refractivity contribution is 7.91. The Bertz CT molecular complexity index is 584. The predicted molar refractivity (Wildman–Crippen MR) is 74.4 cm³/mol. The molecule has 2 rings (SSSR count). The van der Waals surface area contributed by atoms with Crippen LogP contribution in [0.4, 0.5) is 11.4 Å². The number of hydrogen-bond acceptors (Lipinski definition) is 5. The third-order valence-electron chi connectivity index (χ3n) is 3.21. The lowest BCUT2D eigenvalue weighted by molar-refractivity contribution is 0.0935. The number of amides is 1. The number of nitrogen functional groups attached to an aromatic ring is 2. The van der Waals surface area contributed by atoms with Gasteiger partial charge >= 0.3 is 0 Å². The zero-order chi connectivity index (χ0) is 14.0. The van der Waals surface area contributed by atoms with Gasteiger partial charge in [-0.1, -0.05) is 0 Å². The molecule has 1 aliphatic heterocycles. The number of carbonyl (C=O) groups excluding carboxylic acids is 1. The number of sulfone groups is 1. The lowest BCUT2D eigenvalue weighted by Crippen LogP contribution is -2.41. The molecule has 1 fully saturated rings. The van der Waals surface area contributed by atoms with E-state index in [0.29, 0.717) is 29.8 Å². The van der Waals surface area contributed by atoms with Crippen molar-refractivity contribution in [2.45, 2.75) is 18.9 Å². The number of hydrogen-bond donors (Lipinski definition) is 3. The van der Waals surface area contributed by atoms with E-state index in [1.54, 1.807) is 12.1 Å². The molecule has 1 saturated heterocycles.